The van der Waals surface area contributed by atoms with Crippen LogP contribution in [0.2, 0.25) is 0 Å². The second-order valence-electron chi connectivity index (χ2n) is 4.72. The minimum Gasteiger partial charge on any atom is -0.385 e. The van der Waals surface area contributed by atoms with Gasteiger partial charge in [-0.05, 0) is 30.7 Å². The van der Waals surface area contributed by atoms with Crippen LogP contribution >= 0.6 is 0 Å². The zero-order valence-corrected chi connectivity index (χ0v) is 10.4. The SMILES string of the molecule is COCCC1(CNc2ncccc2[N+](=O)[O-])CC1. The standard InChI is InChI=1S/C12H17N3O3/c1-18-8-6-12(4-5-12)9-14-11-10(15(16)17)3-2-7-13-11/h2-3,7H,4-6,8-9H2,1H3,(H,13,14). The third-order valence-electron chi connectivity index (χ3n) is 3.41. The van der Waals surface area contributed by atoms with Crippen LogP contribution in [0.15, 0.2) is 18.3 Å². The topological polar surface area (TPSA) is 77.3 Å². The maximum atomic E-state index is 10.8. The van der Waals surface area contributed by atoms with Crippen molar-refractivity contribution in [1.82, 2.24) is 4.98 Å². The average Bonchev–Trinajstić information content (AvgIpc) is 3.15. The van der Waals surface area contributed by atoms with E-state index in [2.05, 4.69) is 10.3 Å². The fourth-order valence-corrected chi connectivity index (χ4v) is 1.96. The maximum Gasteiger partial charge on any atom is 0.311 e. The number of anilines is 1. The van der Waals surface area contributed by atoms with Crippen molar-refractivity contribution in [3.8, 4) is 0 Å². The van der Waals surface area contributed by atoms with Gasteiger partial charge in [0.25, 0.3) is 0 Å². The van der Waals surface area contributed by atoms with E-state index in [0.717, 1.165) is 25.9 Å². The minimum absolute atomic E-state index is 0.0278. The van der Waals surface area contributed by atoms with Crippen LogP contribution in [0, 0.1) is 15.5 Å². The highest BCUT2D eigenvalue weighted by molar-refractivity contribution is 5.55. The smallest absolute Gasteiger partial charge is 0.311 e. The molecule has 1 aromatic rings. The summed E-state index contributed by atoms with van der Waals surface area (Å²) < 4.78 is 5.08. The van der Waals surface area contributed by atoms with Crippen molar-refractivity contribution >= 4 is 11.5 Å². The molecule has 0 unspecified atom stereocenters. The predicted molar refractivity (Wildman–Crippen MR) is 67.5 cm³/mol. The molecular formula is C12H17N3O3. The molecule has 18 heavy (non-hydrogen) atoms. The summed E-state index contributed by atoms with van der Waals surface area (Å²) in [5.41, 5.74) is 0.265. The fourth-order valence-electron chi connectivity index (χ4n) is 1.96. The molecule has 1 saturated carbocycles. The Hall–Kier alpha value is -1.69. The Bertz CT molecular complexity index is 432. The number of methoxy groups -OCH3 is 1. The van der Waals surface area contributed by atoms with Gasteiger partial charge < -0.3 is 10.1 Å². The molecule has 0 amide bonds. The third kappa shape index (κ3) is 2.95. The van der Waals surface area contributed by atoms with Crippen LogP contribution in [0.25, 0.3) is 0 Å². The molecule has 1 aromatic heterocycles. The van der Waals surface area contributed by atoms with Gasteiger partial charge in [-0.3, -0.25) is 10.1 Å². The molecule has 98 valence electrons. The number of rotatable bonds is 7. The Morgan fingerprint density at radius 1 is 1.61 bits per heavy atom. The predicted octanol–water partition coefficient (Wildman–Crippen LogP) is 2.22. The Morgan fingerprint density at radius 2 is 2.39 bits per heavy atom. The van der Waals surface area contributed by atoms with E-state index in [0.29, 0.717) is 12.4 Å². The molecule has 0 bridgehead atoms. The first-order chi connectivity index (χ1) is 8.67. The number of hydrogen-bond donors (Lipinski definition) is 1. The highest BCUT2D eigenvalue weighted by Crippen LogP contribution is 2.48. The lowest BCUT2D eigenvalue weighted by Gasteiger charge is -2.15. The van der Waals surface area contributed by atoms with Crippen molar-refractivity contribution in [2.24, 2.45) is 5.41 Å². The number of hydrogen-bond acceptors (Lipinski definition) is 5. The van der Waals surface area contributed by atoms with E-state index in [-0.39, 0.29) is 11.1 Å². The van der Waals surface area contributed by atoms with E-state index < -0.39 is 4.92 Å². The van der Waals surface area contributed by atoms with Gasteiger partial charge in [-0.25, -0.2) is 4.98 Å². The fraction of sp³-hybridized carbons (Fsp3) is 0.583. The number of nitrogens with one attached hydrogen (secondary N) is 1. The highest BCUT2D eigenvalue weighted by atomic mass is 16.6. The summed E-state index contributed by atoms with van der Waals surface area (Å²) in [6.45, 7) is 1.44. The third-order valence-corrected chi connectivity index (χ3v) is 3.41. The van der Waals surface area contributed by atoms with Gasteiger partial charge in [-0.2, -0.15) is 0 Å². The average molecular weight is 251 g/mol. The molecule has 1 aliphatic rings. The van der Waals surface area contributed by atoms with Crippen LogP contribution in [0.5, 0.6) is 0 Å². The summed E-state index contributed by atoms with van der Waals surface area (Å²) in [6, 6.07) is 3.03. The van der Waals surface area contributed by atoms with Gasteiger partial charge in [-0.1, -0.05) is 0 Å². The number of pyridine rings is 1. The minimum atomic E-state index is -0.413. The molecule has 0 atom stereocenters. The van der Waals surface area contributed by atoms with Gasteiger partial charge in [0.05, 0.1) is 4.92 Å². The monoisotopic (exact) mass is 251 g/mol. The summed E-state index contributed by atoms with van der Waals surface area (Å²) in [5, 5.41) is 13.9. The maximum absolute atomic E-state index is 10.8. The Balaban J connectivity index is 1.96. The number of aromatic nitrogens is 1. The molecule has 1 aliphatic carbocycles. The number of nitrogens with zero attached hydrogens (tertiary/aromatic N) is 2. The van der Waals surface area contributed by atoms with Crippen LogP contribution in [0.1, 0.15) is 19.3 Å². The highest BCUT2D eigenvalue weighted by Gasteiger charge is 2.42. The molecule has 6 nitrogen and oxygen atoms in total. The van der Waals surface area contributed by atoms with E-state index in [4.69, 9.17) is 4.74 Å². The lowest BCUT2D eigenvalue weighted by atomic mass is 10.0. The van der Waals surface area contributed by atoms with Crippen molar-refractivity contribution in [2.75, 3.05) is 25.6 Å². The molecule has 1 fully saturated rings. The van der Waals surface area contributed by atoms with Gasteiger partial charge >= 0.3 is 5.69 Å². The van der Waals surface area contributed by atoms with Crippen molar-refractivity contribution < 1.29 is 9.66 Å². The van der Waals surface area contributed by atoms with Gasteiger partial charge in [-0.15, -0.1) is 0 Å². The van der Waals surface area contributed by atoms with Crippen molar-refractivity contribution in [2.45, 2.75) is 19.3 Å². The lowest BCUT2D eigenvalue weighted by Crippen LogP contribution is -2.18. The lowest BCUT2D eigenvalue weighted by molar-refractivity contribution is -0.384. The summed E-state index contributed by atoms with van der Waals surface area (Å²) in [7, 11) is 1.69. The quantitative estimate of drug-likeness (QED) is 0.594. The molecule has 6 heteroatoms. The molecule has 0 radical (unpaired) electrons. The molecule has 0 aromatic carbocycles. The van der Waals surface area contributed by atoms with Crippen LogP contribution in [-0.4, -0.2) is 30.2 Å². The van der Waals surface area contributed by atoms with Gasteiger partial charge in [0, 0.05) is 32.5 Å². The van der Waals surface area contributed by atoms with Crippen molar-refractivity contribution in [3.05, 3.63) is 28.4 Å². The van der Waals surface area contributed by atoms with E-state index in [1.807, 2.05) is 0 Å². The van der Waals surface area contributed by atoms with E-state index in [1.165, 1.54) is 6.07 Å². The zero-order valence-electron chi connectivity index (χ0n) is 10.4. The largest absolute Gasteiger partial charge is 0.385 e. The van der Waals surface area contributed by atoms with Crippen LogP contribution in [0.4, 0.5) is 11.5 Å². The zero-order chi connectivity index (χ0) is 13.0. The molecule has 1 N–H and O–H groups in total. The summed E-state index contributed by atoms with van der Waals surface area (Å²) in [5.74, 6) is 0.353. The summed E-state index contributed by atoms with van der Waals surface area (Å²) in [4.78, 5) is 14.5. The molecule has 0 aliphatic heterocycles. The van der Waals surface area contributed by atoms with E-state index in [1.54, 1.807) is 19.4 Å². The van der Waals surface area contributed by atoms with Gasteiger partial charge in [0.2, 0.25) is 5.82 Å². The molecule has 0 spiro atoms. The van der Waals surface area contributed by atoms with E-state index in [9.17, 15) is 10.1 Å². The van der Waals surface area contributed by atoms with Crippen LogP contribution in [-0.2, 0) is 4.74 Å². The Kier molecular flexibility index (Phi) is 3.76. The molecule has 1 heterocycles. The second-order valence-corrected chi connectivity index (χ2v) is 4.72. The first-order valence-corrected chi connectivity index (χ1v) is 5.99. The molecule has 2 rings (SSSR count). The van der Waals surface area contributed by atoms with Crippen LogP contribution in [0.3, 0.4) is 0 Å². The normalized spacial score (nSPS) is 16.3. The van der Waals surface area contributed by atoms with Gasteiger partial charge in [0.1, 0.15) is 0 Å². The Labute approximate surface area is 106 Å². The number of ether oxygens (including phenoxy) is 1. The second kappa shape index (κ2) is 5.30. The van der Waals surface area contributed by atoms with Crippen LogP contribution < -0.4 is 5.32 Å². The van der Waals surface area contributed by atoms with E-state index >= 15 is 0 Å². The molecular weight excluding hydrogens is 234 g/mol. The van der Waals surface area contributed by atoms with Gasteiger partial charge in [0.15, 0.2) is 0 Å². The summed E-state index contributed by atoms with van der Waals surface area (Å²) >= 11 is 0. The van der Waals surface area contributed by atoms with Crippen molar-refractivity contribution in [1.29, 1.82) is 0 Å². The van der Waals surface area contributed by atoms with Crippen molar-refractivity contribution in [3.63, 3.8) is 0 Å². The first-order valence-electron chi connectivity index (χ1n) is 5.99. The number of nitro groups is 1. The Morgan fingerprint density at radius 3 is 3.00 bits per heavy atom. The first kappa shape index (κ1) is 12.8. The summed E-state index contributed by atoms with van der Waals surface area (Å²) in [6.07, 6.45) is 4.83. The molecule has 0 saturated heterocycles.